The second-order valence-electron chi connectivity index (χ2n) is 6.09. The number of hydrogen-bond donors (Lipinski definition) is 0. The Morgan fingerprint density at radius 3 is 2.84 bits per heavy atom. The number of carbonyl (C=O) groups is 1. The fourth-order valence-corrected chi connectivity index (χ4v) is 2.36. The van der Waals surface area contributed by atoms with Crippen molar-refractivity contribution in [2.75, 3.05) is 6.54 Å². The lowest BCUT2D eigenvalue weighted by molar-refractivity contribution is 0.0221. The van der Waals surface area contributed by atoms with E-state index in [-0.39, 0.29) is 12.1 Å². The molecule has 1 aliphatic rings. The van der Waals surface area contributed by atoms with Gasteiger partial charge in [0.1, 0.15) is 5.60 Å². The van der Waals surface area contributed by atoms with Crippen molar-refractivity contribution in [2.45, 2.75) is 52.2 Å². The summed E-state index contributed by atoms with van der Waals surface area (Å²) in [6.07, 6.45) is 3.52. The first-order valence-electron chi connectivity index (χ1n) is 6.79. The van der Waals surface area contributed by atoms with Gasteiger partial charge in [0, 0.05) is 12.7 Å². The Kier molecular flexibility index (Phi) is 3.78. The van der Waals surface area contributed by atoms with Crippen molar-refractivity contribution in [1.82, 2.24) is 9.88 Å². The number of amides is 1. The summed E-state index contributed by atoms with van der Waals surface area (Å²) in [6, 6.07) is 4.07. The van der Waals surface area contributed by atoms with E-state index >= 15 is 0 Å². The summed E-state index contributed by atoms with van der Waals surface area (Å²) in [5, 5.41) is 0. The fourth-order valence-electron chi connectivity index (χ4n) is 2.36. The van der Waals surface area contributed by atoms with E-state index in [0.29, 0.717) is 0 Å². The molecule has 19 heavy (non-hydrogen) atoms. The molecular formula is C15H22N2O2. The van der Waals surface area contributed by atoms with Gasteiger partial charge in [-0.25, -0.2) is 4.79 Å². The zero-order valence-corrected chi connectivity index (χ0v) is 12.1. The molecule has 1 aliphatic heterocycles. The number of aromatic nitrogens is 1. The van der Waals surface area contributed by atoms with Crippen LogP contribution < -0.4 is 0 Å². The second-order valence-corrected chi connectivity index (χ2v) is 6.09. The number of ether oxygens (including phenoxy) is 1. The molecule has 0 aromatic carbocycles. The molecule has 0 N–H and O–H groups in total. The van der Waals surface area contributed by atoms with Crippen LogP contribution in [0.5, 0.6) is 0 Å². The maximum absolute atomic E-state index is 12.2. The molecule has 1 saturated heterocycles. The van der Waals surface area contributed by atoms with Gasteiger partial charge in [-0.2, -0.15) is 0 Å². The maximum atomic E-state index is 12.2. The first kappa shape index (κ1) is 13.8. The van der Waals surface area contributed by atoms with E-state index in [4.69, 9.17) is 4.74 Å². The number of carbonyl (C=O) groups excluding carboxylic acids is 1. The molecule has 104 valence electrons. The molecule has 4 heteroatoms. The summed E-state index contributed by atoms with van der Waals surface area (Å²) in [5.41, 5.74) is 1.67. The van der Waals surface area contributed by atoms with E-state index in [9.17, 15) is 4.79 Å². The van der Waals surface area contributed by atoms with Crippen LogP contribution in [0.2, 0.25) is 0 Å². The first-order valence-corrected chi connectivity index (χ1v) is 6.79. The fraction of sp³-hybridized carbons (Fsp3) is 0.600. The van der Waals surface area contributed by atoms with Crippen LogP contribution in [-0.4, -0.2) is 28.1 Å². The minimum absolute atomic E-state index is 0.0507. The van der Waals surface area contributed by atoms with Crippen molar-refractivity contribution in [3.63, 3.8) is 0 Å². The van der Waals surface area contributed by atoms with Gasteiger partial charge in [0.05, 0.1) is 11.7 Å². The predicted octanol–water partition coefficient (Wildman–Crippen LogP) is 3.46. The van der Waals surface area contributed by atoms with Crippen LogP contribution in [0.3, 0.4) is 0 Å². The number of rotatable bonds is 1. The van der Waals surface area contributed by atoms with Gasteiger partial charge in [0.2, 0.25) is 0 Å². The number of likely N-dealkylation sites (tertiary alicyclic amines) is 1. The molecule has 1 aromatic rings. The summed E-state index contributed by atoms with van der Waals surface area (Å²) >= 11 is 0. The number of hydrogen-bond acceptors (Lipinski definition) is 3. The predicted molar refractivity (Wildman–Crippen MR) is 73.9 cm³/mol. The molecule has 2 rings (SSSR count). The maximum Gasteiger partial charge on any atom is 0.410 e. The number of nitrogens with zero attached hydrogens (tertiary/aromatic N) is 2. The number of aryl methyl sites for hydroxylation is 1. The van der Waals surface area contributed by atoms with Gasteiger partial charge in [-0.05, 0) is 58.2 Å². The lowest BCUT2D eigenvalue weighted by atomic mass is 10.1. The molecule has 1 atom stereocenters. The van der Waals surface area contributed by atoms with Gasteiger partial charge < -0.3 is 4.74 Å². The summed E-state index contributed by atoms with van der Waals surface area (Å²) in [7, 11) is 0. The second kappa shape index (κ2) is 5.19. The van der Waals surface area contributed by atoms with Crippen molar-refractivity contribution in [3.05, 3.63) is 29.6 Å². The van der Waals surface area contributed by atoms with Crippen LogP contribution in [0.4, 0.5) is 4.79 Å². The van der Waals surface area contributed by atoms with E-state index < -0.39 is 5.60 Å². The van der Waals surface area contributed by atoms with Crippen LogP contribution in [0.15, 0.2) is 18.3 Å². The Morgan fingerprint density at radius 2 is 2.21 bits per heavy atom. The van der Waals surface area contributed by atoms with Crippen LogP contribution in [0.25, 0.3) is 0 Å². The summed E-state index contributed by atoms with van der Waals surface area (Å²) in [6.45, 7) is 8.45. The highest BCUT2D eigenvalue weighted by Gasteiger charge is 2.33. The van der Waals surface area contributed by atoms with Crippen LogP contribution in [-0.2, 0) is 4.74 Å². The monoisotopic (exact) mass is 262 g/mol. The highest BCUT2D eigenvalue weighted by molar-refractivity contribution is 5.69. The molecule has 0 unspecified atom stereocenters. The zero-order valence-electron chi connectivity index (χ0n) is 12.1. The Morgan fingerprint density at radius 1 is 1.47 bits per heavy atom. The summed E-state index contributed by atoms with van der Waals surface area (Å²) in [4.78, 5) is 18.4. The zero-order chi connectivity index (χ0) is 14.0. The van der Waals surface area contributed by atoms with E-state index in [1.54, 1.807) is 11.1 Å². The van der Waals surface area contributed by atoms with E-state index in [1.165, 1.54) is 5.56 Å². The standard InChI is InChI=1S/C15H22N2O2/c1-11-7-8-16-12(10-11)13-6-5-9-17(13)14(18)19-15(2,3)4/h7-8,10,13H,5-6,9H2,1-4H3/t13-/m0/s1. The van der Waals surface area contributed by atoms with Crippen molar-refractivity contribution in [3.8, 4) is 0 Å². The molecule has 0 radical (unpaired) electrons. The van der Waals surface area contributed by atoms with Gasteiger partial charge in [0.25, 0.3) is 0 Å². The molecule has 0 aliphatic carbocycles. The lowest BCUT2D eigenvalue weighted by Gasteiger charge is -2.28. The average molecular weight is 262 g/mol. The molecule has 4 nitrogen and oxygen atoms in total. The molecule has 0 spiro atoms. The Balaban J connectivity index is 2.15. The quantitative estimate of drug-likeness (QED) is 0.778. The Bertz CT molecular complexity index is 465. The van der Waals surface area contributed by atoms with Crippen molar-refractivity contribution in [1.29, 1.82) is 0 Å². The third kappa shape index (κ3) is 3.46. The van der Waals surface area contributed by atoms with Crippen molar-refractivity contribution in [2.24, 2.45) is 0 Å². The molecule has 1 aromatic heterocycles. The number of pyridine rings is 1. The van der Waals surface area contributed by atoms with Gasteiger partial charge in [-0.1, -0.05) is 0 Å². The van der Waals surface area contributed by atoms with Gasteiger partial charge in [0.15, 0.2) is 0 Å². The Hall–Kier alpha value is -1.58. The molecule has 2 heterocycles. The van der Waals surface area contributed by atoms with E-state index in [0.717, 1.165) is 25.1 Å². The molecule has 0 saturated carbocycles. The molecule has 0 bridgehead atoms. The minimum atomic E-state index is -0.454. The minimum Gasteiger partial charge on any atom is -0.444 e. The third-order valence-corrected chi connectivity index (χ3v) is 3.16. The highest BCUT2D eigenvalue weighted by atomic mass is 16.6. The van der Waals surface area contributed by atoms with Crippen LogP contribution in [0, 0.1) is 6.92 Å². The van der Waals surface area contributed by atoms with Gasteiger partial charge >= 0.3 is 6.09 Å². The normalized spacial score (nSPS) is 19.6. The van der Waals surface area contributed by atoms with Gasteiger partial charge in [-0.15, -0.1) is 0 Å². The van der Waals surface area contributed by atoms with E-state index in [2.05, 4.69) is 4.98 Å². The van der Waals surface area contributed by atoms with Crippen LogP contribution >= 0.6 is 0 Å². The van der Waals surface area contributed by atoms with Crippen molar-refractivity contribution < 1.29 is 9.53 Å². The summed E-state index contributed by atoms with van der Waals surface area (Å²) in [5.74, 6) is 0. The largest absolute Gasteiger partial charge is 0.444 e. The van der Waals surface area contributed by atoms with Gasteiger partial charge in [-0.3, -0.25) is 9.88 Å². The lowest BCUT2D eigenvalue weighted by Crippen LogP contribution is -2.36. The average Bonchev–Trinajstić information content (AvgIpc) is 2.75. The molecular weight excluding hydrogens is 240 g/mol. The summed E-state index contributed by atoms with van der Waals surface area (Å²) < 4.78 is 5.46. The molecule has 1 fully saturated rings. The topological polar surface area (TPSA) is 42.4 Å². The SMILES string of the molecule is Cc1ccnc([C@@H]2CCCN2C(=O)OC(C)(C)C)c1. The Labute approximate surface area is 114 Å². The van der Waals surface area contributed by atoms with Crippen molar-refractivity contribution >= 4 is 6.09 Å². The smallest absolute Gasteiger partial charge is 0.410 e. The van der Waals surface area contributed by atoms with E-state index in [1.807, 2.05) is 39.8 Å². The third-order valence-electron chi connectivity index (χ3n) is 3.16. The first-order chi connectivity index (χ1) is 8.87. The molecule has 1 amide bonds. The van der Waals surface area contributed by atoms with Crippen LogP contribution in [0.1, 0.15) is 50.9 Å². The highest BCUT2D eigenvalue weighted by Crippen LogP contribution is 2.32.